The summed E-state index contributed by atoms with van der Waals surface area (Å²) in [5.41, 5.74) is -0.896. The second kappa shape index (κ2) is 2.53. The first-order valence-corrected chi connectivity index (χ1v) is 1.91. The van der Waals surface area contributed by atoms with Gasteiger partial charge in [0.25, 0.3) is 0 Å². The quantitative estimate of drug-likeness (QED) is 0.291. The van der Waals surface area contributed by atoms with Crippen molar-refractivity contribution in [1.82, 2.24) is 0 Å². The van der Waals surface area contributed by atoms with Crippen LogP contribution in [-0.4, -0.2) is 17.0 Å². The monoisotopic (exact) mass is 122 g/mol. The van der Waals surface area contributed by atoms with Crippen molar-refractivity contribution < 1.29 is 19.4 Å². The van der Waals surface area contributed by atoms with Crippen LogP contribution in [0.3, 0.4) is 0 Å². The molecule has 0 saturated carbocycles. The molecule has 5 heteroatoms. The first kappa shape index (κ1) is 6.37. The molecular weight excluding hydrogens is 119 g/mol. The van der Waals surface area contributed by atoms with Crippen molar-refractivity contribution >= 4 is 21.1 Å². The van der Waals surface area contributed by atoms with Crippen molar-refractivity contribution in [3.63, 3.8) is 0 Å². The molecule has 0 aromatic carbocycles. The molecule has 4 nitrogen and oxygen atoms in total. The molecule has 0 saturated heterocycles. The topological polar surface area (TPSA) is 63.6 Å². The van der Waals surface area contributed by atoms with Gasteiger partial charge in [0, 0.05) is 0 Å². The molecule has 7 heavy (non-hydrogen) atoms. The van der Waals surface area contributed by atoms with Gasteiger partial charge in [0.15, 0.2) is 0 Å². The van der Waals surface area contributed by atoms with Crippen LogP contribution in [0, 0.1) is 0 Å². The largest absolute Gasteiger partial charge is 0.513 e. The van der Waals surface area contributed by atoms with Gasteiger partial charge in [0.2, 0.25) is 0 Å². The number of carbonyl (C=O) groups excluding carboxylic acids is 1. The Morgan fingerprint density at radius 1 is 1.57 bits per heavy atom. The lowest BCUT2D eigenvalue weighted by atomic mass is 11.3. The van der Waals surface area contributed by atoms with Gasteiger partial charge >= 0.3 is 11.9 Å². The fourth-order valence-corrected chi connectivity index (χ4v) is 0.187. The van der Waals surface area contributed by atoms with Gasteiger partial charge in [-0.3, -0.25) is 0 Å². The van der Waals surface area contributed by atoms with Crippen LogP contribution in [0.15, 0.2) is 0 Å². The van der Waals surface area contributed by atoms with E-state index in [0.717, 1.165) is 0 Å². The summed E-state index contributed by atoms with van der Waals surface area (Å²) in [5.74, 6) is 0. The molecule has 0 amide bonds. The molecule has 0 aliphatic rings. The first-order chi connectivity index (χ1) is 3.13. The van der Waals surface area contributed by atoms with E-state index >= 15 is 0 Å². The van der Waals surface area contributed by atoms with Crippen LogP contribution >= 0.6 is 9.24 Å². The van der Waals surface area contributed by atoms with E-state index in [-0.39, 0.29) is 0 Å². The summed E-state index contributed by atoms with van der Waals surface area (Å²) in [7, 11) is 1.56. The highest BCUT2D eigenvalue weighted by Gasteiger charge is 1.97. The Morgan fingerprint density at radius 3 is 2.00 bits per heavy atom. The van der Waals surface area contributed by atoms with Crippen molar-refractivity contribution in [1.29, 1.82) is 0 Å². The van der Waals surface area contributed by atoms with E-state index in [1.807, 2.05) is 0 Å². The first-order valence-electron chi connectivity index (χ1n) is 1.33. The molecule has 0 bridgehead atoms. The third-order valence-corrected chi connectivity index (χ3v) is 0.306. The van der Waals surface area contributed by atoms with E-state index in [1.165, 1.54) is 0 Å². The maximum atomic E-state index is 9.61. The Morgan fingerprint density at radius 2 is 2.00 bits per heavy atom. The Hall–Kier alpha value is -0.630. The summed E-state index contributed by atoms with van der Waals surface area (Å²) in [6.45, 7) is 0. The Labute approximate surface area is 41.7 Å². The summed E-state index contributed by atoms with van der Waals surface area (Å²) < 4.78 is 3.49. The third kappa shape index (κ3) is 5.37. The second-order valence-electron chi connectivity index (χ2n) is 0.687. The number of carbonyl (C=O) groups is 2. The van der Waals surface area contributed by atoms with Gasteiger partial charge in [-0.15, -0.1) is 0 Å². The van der Waals surface area contributed by atoms with Crippen LogP contribution in [0.25, 0.3) is 0 Å². The average molecular weight is 122 g/mol. The minimum Gasteiger partial charge on any atom is -0.449 e. The molecule has 0 rings (SSSR count). The average Bonchev–Trinajstić information content (AvgIpc) is 1.27. The van der Waals surface area contributed by atoms with Gasteiger partial charge in [0.1, 0.15) is 0 Å². The van der Waals surface area contributed by atoms with E-state index in [0.29, 0.717) is 0 Å². The van der Waals surface area contributed by atoms with E-state index in [1.54, 1.807) is 9.24 Å². The van der Waals surface area contributed by atoms with Crippen LogP contribution in [-0.2, 0) is 4.74 Å². The van der Waals surface area contributed by atoms with Crippen molar-refractivity contribution in [2.45, 2.75) is 0 Å². The second-order valence-corrected chi connectivity index (χ2v) is 1.16. The zero-order chi connectivity index (χ0) is 5.86. The lowest BCUT2D eigenvalue weighted by Crippen LogP contribution is -2.00. The van der Waals surface area contributed by atoms with Gasteiger partial charge in [-0.2, -0.15) is 0 Å². The van der Waals surface area contributed by atoms with Gasteiger partial charge < -0.3 is 9.84 Å². The highest BCUT2D eigenvalue weighted by Crippen LogP contribution is 1.89. The molecule has 1 unspecified atom stereocenters. The van der Waals surface area contributed by atoms with Gasteiger partial charge in [-0.1, -0.05) is 0 Å². The zero-order valence-corrected chi connectivity index (χ0v) is 4.40. The predicted molar refractivity (Wildman–Crippen MR) is 24.2 cm³/mol. The highest BCUT2D eigenvalue weighted by molar-refractivity contribution is 7.39. The van der Waals surface area contributed by atoms with Gasteiger partial charge in [0.05, 0.1) is 0 Å². The van der Waals surface area contributed by atoms with Gasteiger partial charge in [-0.05, 0) is 9.24 Å². The molecule has 0 aromatic heterocycles. The molecule has 40 valence electrons. The van der Waals surface area contributed by atoms with E-state index < -0.39 is 11.9 Å². The van der Waals surface area contributed by atoms with Gasteiger partial charge in [-0.25, -0.2) is 9.59 Å². The van der Waals surface area contributed by atoms with Crippen molar-refractivity contribution in [2.24, 2.45) is 0 Å². The molecule has 1 N–H and O–H groups in total. The number of ether oxygens (including phenoxy) is 1. The summed E-state index contributed by atoms with van der Waals surface area (Å²) in [4.78, 5) is 19.0. The fourth-order valence-electron chi connectivity index (χ4n) is 0.0861. The third-order valence-electron chi connectivity index (χ3n) is 0.188. The number of rotatable bonds is 0. The van der Waals surface area contributed by atoms with E-state index in [4.69, 9.17) is 5.11 Å². The lowest BCUT2D eigenvalue weighted by Gasteiger charge is -1.85. The molecule has 0 aliphatic heterocycles. The highest BCUT2D eigenvalue weighted by atomic mass is 31.0. The van der Waals surface area contributed by atoms with E-state index in [2.05, 4.69) is 4.74 Å². The molecular formula is C2H3O4P. The van der Waals surface area contributed by atoms with Crippen molar-refractivity contribution in [3.8, 4) is 0 Å². The Bertz CT molecular complexity index is 85.9. The maximum Gasteiger partial charge on any atom is 0.513 e. The lowest BCUT2D eigenvalue weighted by molar-refractivity contribution is 0.121. The molecule has 0 fully saturated rings. The van der Waals surface area contributed by atoms with Crippen LogP contribution < -0.4 is 0 Å². The minimum absolute atomic E-state index is 0.896. The summed E-state index contributed by atoms with van der Waals surface area (Å²) in [5, 5.41) is 7.63. The Kier molecular flexibility index (Phi) is 2.30. The van der Waals surface area contributed by atoms with Crippen molar-refractivity contribution in [2.75, 3.05) is 0 Å². The van der Waals surface area contributed by atoms with E-state index in [9.17, 15) is 9.59 Å². The number of carboxylic acid groups (broad SMARTS) is 1. The number of hydrogen-bond acceptors (Lipinski definition) is 3. The summed E-state index contributed by atoms with van der Waals surface area (Å²) in [6, 6.07) is 0. The molecule has 0 radical (unpaired) electrons. The summed E-state index contributed by atoms with van der Waals surface area (Å²) >= 11 is 0. The molecule has 0 heterocycles. The molecule has 0 aromatic rings. The van der Waals surface area contributed by atoms with Crippen LogP contribution in [0.5, 0.6) is 0 Å². The fraction of sp³-hybridized carbons (Fsp3) is 0. The number of hydrogen-bond donors (Lipinski definition) is 1. The Balaban J connectivity index is 3.32. The SMILES string of the molecule is O=C(O)OC(=O)P. The smallest absolute Gasteiger partial charge is 0.449 e. The van der Waals surface area contributed by atoms with Crippen molar-refractivity contribution in [3.05, 3.63) is 0 Å². The maximum absolute atomic E-state index is 9.61. The van der Waals surface area contributed by atoms with Crippen LogP contribution in [0.4, 0.5) is 9.59 Å². The zero-order valence-electron chi connectivity index (χ0n) is 3.25. The normalized spacial score (nSPS) is 7.57. The standard InChI is InChI=1S/C2H3O4P/c3-1(4)6-2(5)7/h7H2,(H,3,4). The van der Waals surface area contributed by atoms with Crippen LogP contribution in [0.2, 0.25) is 0 Å². The predicted octanol–water partition coefficient (Wildman–Crippen LogP) is 0.676. The summed E-state index contributed by atoms with van der Waals surface area (Å²) in [6.07, 6.45) is -1.58. The molecule has 1 atom stereocenters. The van der Waals surface area contributed by atoms with Crippen LogP contribution in [0.1, 0.15) is 0 Å². The molecule has 0 spiro atoms. The molecule has 0 aliphatic carbocycles. The minimum atomic E-state index is -1.58.